The summed E-state index contributed by atoms with van der Waals surface area (Å²) < 4.78 is 0. The molecule has 3 aromatic rings. The van der Waals surface area contributed by atoms with Gasteiger partial charge in [0.15, 0.2) is 5.11 Å². The van der Waals surface area contributed by atoms with Gasteiger partial charge in [0.2, 0.25) is 0 Å². The van der Waals surface area contributed by atoms with Crippen LogP contribution in [0.25, 0.3) is 0 Å². The molecule has 1 heterocycles. The minimum Gasteiger partial charge on any atom is -0.301 e. The Balaban J connectivity index is 1.96. The lowest BCUT2D eigenvalue weighted by atomic mass is 10.00. The van der Waals surface area contributed by atoms with Crippen LogP contribution >= 0.6 is 12.2 Å². The minimum absolute atomic E-state index is 0.00868. The van der Waals surface area contributed by atoms with Crippen LogP contribution < -0.4 is 9.80 Å². The second-order valence-corrected chi connectivity index (χ2v) is 9.00. The quantitative estimate of drug-likeness (QED) is 0.450. The van der Waals surface area contributed by atoms with Crippen molar-refractivity contribution in [3.05, 3.63) is 93.5 Å². The van der Waals surface area contributed by atoms with Gasteiger partial charge in [-0.1, -0.05) is 65.7 Å². The van der Waals surface area contributed by atoms with E-state index < -0.39 is 6.04 Å². The van der Waals surface area contributed by atoms with Gasteiger partial charge in [-0.05, 0) is 81.6 Å². The summed E-state index contributed by atoms with van der Waals surface area (Å²) in [6, 6.07) is 18.0. The summed E-state index contributed by atoms with van der Waals surface area (Å²) in [6.07, 6.45) is 0. The Morgan fingerprint density at radius 2 is 1.16 bits per heavy atom. The van der Waals surface area contributed by atoms with Gasteiger partial charge < -0.3 is 4.90 Å². The highest BCUT2D eigenvalue weighted by Gasteiger charge is 2.46. The number of carbonyl (C=O) groups excluding carboxylic acids is 1. The Bertz CT molecular complexity index is 1150. The van der Waals surface area contributed by atoms with Gasteiger partial charge in [-0.2, -0.15) is 0 Å². The smallest absolute Gasteiger partial charge is 0.261 e. The fourth-order valence-electron chi connectivity index (χ4n) is 4.98. The summed E-state index contributed by atoms with van der Waals surface area (Å²) in [5.74, 6) is -0.00868. The van der Waals surface area contributed by atoms with Crippen LogP contribution in [0.4, 0.5) is 11.4 Å². The third-order valence-electron chi connectivity index (χ3n) is 5.96. The molecular weight excluding hydrogens is 400 g/mol. The number of carbonyl (C=O) groups is 1. The van der Waals surface area contributed by atoms with E-state index in [2.05, 4.69) is 56.9 Å². The van der Waals surface area contributed by atoms with Gasteiger partial charge in [-0.25, -0.2) is 0 Å². The average Bonchev–Trinajstić information content (AvgIpc) is 2.92. The molecule has 158 valence electrons. The van der Waals surface area contributed by atoms with Gasteiger partial charge in [0, 0.05) is 0 Å². The Morgan fingerprint density at radius 3 is 1.65 bits per heavy atom. The van der Waals surface area contributed by atoms with E-state index in [1.807, 2.05) is 44.2 Å². The van der Waals surface area contributed by atoms with Crippen molar-refractivity contribution in [2.75, 3.05) is 9.80 Å². The summed E-state index contributed by atoms with van der Waals surface area (Å²) in [4.78, 5) is 17.8. The standard InChI is InChI=1S/C27H28N2OS/c1-16-12-18(3)23(19(4)13-16)28-25(22-10-8-7-9-11-22)26(30)29(27(28)31)24-20(5)14-17(2)15-21(24)6/h7-15,25H,1-6H3. The fraction of sp³-hybridized carbons (Fsp3) is 0.259. The Hall–Kier alpha value is -2.98. The van der Waals surface area contributed by atoms with Crippen molar-refractivity contribution < 1.29 is 4.79 Å². The summed E-state index contributed by atoms with van der Waals surface area (Å²) in [5, 5.41) is 0.531. The summed E-state index contributed by atoms with van der Waals surface area (Å²) >= 11 is 6.02. The van der Waals surface area contributed by atoms with E-state index in [4.69, 9.17) is 12.2 Å². The maximum atomic E-state index is 14.0. The van der Waals surface area contributed by atoms with Crippen LogP contribution in [0.1, 0.15) is 45.0 Å². The van der Waals surface area contributed by atoms with Crippen LogP contribution in [0, 0.1) is 41.5 Å². The van der Waals surface area contributed by atoms with Gasteiger partial charge in [0.25, 0.3) is 5.91 Å². The van der Waals surface area contributed by atoms with E-state index in [1.165, 1.54) is 11.1 Å². The molecular formula is C27H28N2OS. The lowest BCUT2D eigenvalue weighted by molar-refractivity contribution is -0.118. The molecule has 1 aliphatic heterocycles. The Morgan fingerprint density at radius 1 is 0.710 bits per heavy atom. The number of benzene rings is 3. The molecule has 4 rings (SSSR count). The molecule has 31 heavy (non-hydrogen) atoms. The molecule has 1 saturated heterocycles. The lowest BCUT2D eigenvalue weighted by Gasteiger charge is -2.28. The molecule has 3 aromatic carbocycles. The van der Waals surface area contributed by atoms with E-state index in [0.717, 1.165) is 39.2 Å². The van der Waals surface area contributed by atoms with E-state index in [1.54, 1.807) is 4.90 Å². The number of thiocarbonyl (C=S) groups is 1. The van der Waals surface area contributed by atoms with Crippen molar-refractivity contribution in [3.8, 4) is 0 Å². The first-order chi connectivity index (χ1) is 14.7. The van der Waals surface area contributed by atoms with Crippen LogP contribution in [-0.4, -0.2) is 11.0 Å². The second kappa shape index (κ2) is 7.93. The number of hydrogen-bond donors (Lipinski definition) is 0. The number of nitrogens with zero attached hydrogens (tertiary/aromatic N) is 2. The normalized spacial score (nSPS) is 16.4. The first kappa shape index (κ1) is 21.3. The second-order valence-electron chi connectivity index (χ2n) is 8.63. The summed E-state index contributed by atoms with van der Waals surface area (Å²) in [7, 11) is 0. The topological polar surface area (TPSA) is 23.6 Å². The zero-order chi connectivity index (χ0) is 22.4. The van der Waals surface area contributed by atoms with Gasteiger partial charge in [0.05, 0.1) is 11.4 Å². The van der Waals surface area contributed by atoms with E-state index in [0.29, 0.717) is 5.11 Å². The Labute approximate surface area is 190 Å². The third kappa shape index (κ3) is 3.55. The van der Waals surface area contributed by atoms with Gasteiger partial charge in [-0.3, -0.25) is 9.69 Å². The van der Waals surface area contributed by atoms with Crippen molar-refractivity contribution in [3.63, 3.8) is 0 Å². The molecule has 0 spiro atoms. The molecule has 0 aliphatic carbocycles. The van der Waals surface area contributed by atoms with E-state index >= 15 is 0 Å². The molecule has 1 amide bonds. The molecule has 1 atom stereocenters. The maximum Gasteiger partial charge on any atom is 0.261 e. The van der Waals surface area contributed by atoms with Gasteiger partial charge in [0.1, 0.15) is 6.04 Å². The lowest BCUT2D eigenvalue weighted by Crippen LogP contribution is -2.34. The monoisotopic (exact) mass is 428 g/mol. The van der Waals surface area contributed by atoms with Crippen LogP contribution in [0.3, 0.4) is 0 Å². The zero-order valence-electron chi connectivity index (χ0n) is 19.0. The molecule has 1 fully saturated rings. The summed E-state index contributed by atoms with van der Waals surface area (Å²) in [5.41, 5.74) is 9.58. The molecule has 0 bridgehead atoms. The average molecular weight is 429 g/mol. The number of aryl methyl sites for hydroxylation is 6. The van der Waals surface area contributed by atoms with E-state index in [9.17, 15) is 4.79 Å². The third-order valence-corrected chi connectivity index (χ3v) is 6.34. The first-order valence-electron chi connectivity index (χ1n) is 10.6. The highest BCUT2D eigenvalue weighted by atomic mass is 32.1. The van der Waals surface area contributed by atoms with Gasteiger partial charge in [-0.15, -0.1) is 0 Å². The number of amides is 1. The molecule has 1 aliphatic rings. The molecule has 0 saturated carbocycles. The van der Waals surface area contributed by atoms with E-state index in [-0.39, 0.29) is 5.91 Å². The van der Waals surface area contributed by atoms with Crippen LogP contribution in [0.15, 0.2) is 54.6 Å². The SMILES string of the molecule is Cc1cc(C)c(N2C(=O)C(c3ccccc3)N(c3c(C)cc(C)cc3C)C2=S)c(C)c1. The van der Waals surface area contributed by atoms with Crippen molar-refractivity contribution in [1.82, 2.24) is 0 Å². The predicted molar refractivity (Wildman–Crippen MR) is 133 cm³/mol. The maximum absolute atomic E-state index is 14.0. The molecule has 0 N–H and O–H groups in total. The van der Waals surface area contributed by atoms with Crippen molar-refractivity contribution >= 4 is 34.6 Å². The van der Waals surface area contributed by atoms with Crippen LogP contribution in [-0.2, 0) is 4.79 Å². The molecule has 0 radical (unpaired) electrons. The molecule has 1 unspecified atom stereocenters. The van der Waals surface area contributed by atoms with Crippen molar-refractivity contribution in [2.24, 2.45) is 0 Å². The Kier molecular flexibility index (Phi) is 5.44. The largest absolute Gasteiger partial charge is 0.301 e. The fourth-order valence-corrected chi connectivity index (χ4v) is 5.36. The van der Waals surface area contributed by atoms with Crippen molar-refractivity contribution in [2.45, 2.75) is 47.6 Å². The van der Waals surface area contributed by atoms with Crippen LogP contribution in [0.2, 0.25) is 0 Å². The highest BCUT2D eigenvalue weighted by Crippen LogP contribution is 2.42. The number of rotatable bonds is 3. The number of hydrogen-bond acceptors (Lipinski definition) is 2. The molecule has 0 aromatic heterocycles. The molecule has 4 heteroatoms. The van der Waals surface area contributed by atoms with Crippen LogP contribution in [0.5, 0.6) is 0 Å². The first-order valence-corrected chi connectivity index (χ1v) is 11.0. The zero-order valence-corrected chi connectivity index (χ0v) is 19.8. The van der Waals surface area contributed by atoms with Gasteiger partial charge >= 0.3 is 0 Å². The number of anilines is 2. The molecule has 3 nitrogen and oxygen atoms in total. The predicted octanol–water partition coefficient (Wildman–Crippen LogP) is 6.42. The highest BCUT2D eigenvalue weighted by molar-refractivity contribution is 7.81. The minimum atomic E-state index is -0.492. The summed E-state index contributed by atoms with van der Waals surface area (Å²) in [6.45, 7) is 12.5. The van der Waals surface area contributed by atoms with Crippen molar-refractivity contribution in [1.29, 1.82) is 0 Å².